The average Bonchev–Trinajstić information content (AvgIpc) is 2.35. The van der Waals surface area contributed by atoms with E-state index in [1.807, 2.05) is 12.3 Å². The summed E-state index contributed by atoms with van der Waals surface area (Å²) in [5.74, 6) is 0. The Labute approximate surface area is 104 Å². The van der Waals surface area contributed by atoms with Crippen molar-refractivity contribution in [3.05, 3.63) is 30.1 Å². The van der Waals surface area contributed by atoms with E-state index in [9.17, 15) is 0 Å². The summed E-state index contributed by atoms with van der Waals surface area (Å²) in [6.45, 7) is 5.79. The van der Waals surface area contributed by atoms with E-state index in [2.05, 4.69) is 35.2 Å². The average molecular weight is 237 g/mol. The number of rotatable bonds is 8. The van der Waals surface area contributed by atoms with Gasteiger partial charge < -0.3 is 10.1 Å². The van der Waals surface area contributed by atoms with E-state index in [0.29, 0.717) is 6.04 Å². The third kappa shape index (κ3) is 5.77. The van der Waals surface area contributed by atoms with Gasteiger partial charge in [-0.25, -0.2) is 0 Å². The van der Waals surface area contributed by atoms with Gasteiger partial charge in [0.1, 0.15) is 0 Å². The highest BCUT2D eigenvalue weighted by Crippen LogP contribution is 2.03. The van der Waals surface area contributed by atoms with Crippen molar-refractivity contribution in [2.75, 3.05) is 33.9 Å². The number of nitrogens with one attached hydrogen (secondary N) is 1. The first-order valence-electron chi connectivity index (χ1n) is 6.03. The van der Waals surface area contributed by atoms with Crippen molar-refractivity contribution in [1.29, 1.82) is 0 Å². The number of likely N-dealkylation sites (N-methyl/N-ethyl adjacent to an activating group) is 1. The first kappa shape index (κ1) is 14.1. The molecule has 0 amide bonds. The largest absolute Gasteiger partial charge is 0.383 e. The lowest BCUT2D eigenvalue weighted by molar-refractivity contribution is 0.191. The fourth-order valence-electron chi connectivity index (χ4n) is 1.58. The lowest BCUT2D eigenvalue weighted by Gasteiger charge is -2.24. The molecule has 0 aliphatic rings. The molecule has 1 aromatic heterocycles. The maximum atomic E-state index is 5.00. The van der Waals surface area contributed by atoms with E-state index in [4.69, 9.17) is 4.74 Å². The molecule has 0 spiro atoms. The lowest BCUT2D eigenvalue weighted by Crippen LogP contribution is -2.38. The van der Waals surface area contributed by atoms with Crippen LogP contribution in [0.2, 0.25) is 0 Å². The van der Waals surface area contributed by atoms with Gasteiger partial charge in [-0.2, -0.15) is 0 Å². The SMILES string of the molecule is COCCNCC(C)N(C)Cc1cccnc1. The number of ether oxygens (including phenoxy) is 1. The number of aromatic nitrogens is 1. The molecule has 0 aliphatic heterocycles. The van der Waals surface area contributed by atoms with Crippen LogP contribution in [0.15, 0.2) is 24.5 Å². The van der Waals surface area contributed by atoms with Crippen LogP contribution in [0.1, 0.15) is 12.5 Å². The molecule has 96 valence electrons. The van der Waals surface area contributed by atoms with Gasteiger partial charge in [-0.15, -0.1) is 0 Å². The second-order valence-electron chi connectivity index (χ2n) is 4.32. The molecule has 1 heterocycles. The molecule has 0 aliphatic carbocycles. The summed E-state index contributed by atoms with van der Waals surface area (Å²) in [5, 5.41) is 3.37. The Bertz CT molecular complexity index is 292. The molecule has 1 N–H and O–H groups in total. The Hall–Kier alpha value is -0.970. The molecule has 1 aromatic rings. The van der Waals surface area contributed by atoms with Gasteiger partial charge in [0.05, 0.1) is 6.61 Å². The molecular formula is C13H23N3O. The molecule has 0 aromatic carbocycles. The predicted octanol–water partition coefficient (Wildman–Crippen LogP) is 1.14. The zero-order valence-corrected chi connectivity index (χ0v) is 11.0. The number of pyridine rings is 1. The molecule has 4 nitrogen and oxygen atoms in total. The van der Waals surface area contributed by atoms with Crippen LogP contribution in [-0.4, -0.2) is 49.8 Å². The predicted molar refractivity (Wildman–Crippen MR) is 69.9 cm³/mol. The first-order chi connectivity index (χ1) is 8.24. The van der Waals surface area contributed by atoms with Gasteiger partial charge in [0, 0.05) is 45.2 Å². The van der Waals surface area contributed by atoms with Crippen molar-refractivity contribution in [2.24, 2.45) is 0 Å². The summed E-state index contributed by atoms with van der Waals surface area (Å²) in [6.07, 6.45) is 3.72. The van der Waals surface area contributed by atoms with Crippen molar-refractivity contribution in [1.82, 2.24) is 15.2 Å². The highest BCUT2D eigenvalue weighted by molar-refractivity contribution is 5.08. The van der Waals surface area contributed by atoms with Gasteiger partial charge in [0.2, 0.25) is 0 Å². The third-order valence-corrected chi connectivity index (χ3v) is 2.83. The molecule has 0 bridgehead atoms. The minimum atomic E-state index is 0.493. The maximum absolute atomic E-state index is 5.00. The van der Waals surface area contributed by atoms with Crippen molar-refractivity contribution in [3.8, 4) is 0 Å². The van der Waals surface area contributed by atoms with E-state index in [-0.39, 0.29) is 0 Å². The van der Waals surface area contributed by atoms with Crippen LogP contribution in [0.3, 0.4) is 0 Å². The number of hydrogen-bond donors (Lipinski definition) is 1. The summed E-state index contributed by atoms with van der Waals surface area (Å²) in [4.78, 5) is 6.44. The molecule has 0 radical (unpaired) electrons. The summed E-state index contributed by atoms with van der Waals surface area (Å²) in [5.41, 5.74) is 1.25. The van der Waals surface area contributed by atoms with Crippen LogP contribution in [0.4, 0.5) is 0 Å². The monoisotopic (exact) mass is 237 g/mol. The summed E-state index contributed by atoms with van der Waals surface area (Å²) < 4.78 is 5.00. The molecule has 0 fully saturated rings. The van der Waals surface area contributed by atoms with Crippen molar-refractivity contribution >= 4 is 0 Å². The number of methoxy groups -OCH3 is 1. The normalized spacial score (nSPS) is 12.9. The van der Waals surface area contributed by atoms with Gasteiger partial charge in [-0.3, -0.25) is 9.88 Å². The van der Waals surface area contributed by atoms with Crippen LogP contribution in [0.5, 0.6) is 0 Å². The van der Waals surface area contributed by atoms with Gasteiger partial charge >= 0.3 is 0 Å². The van der Waals surface area contributed by atoms with Crippen LogP contribution in [0.25, 0.3) is 0 Å². The minimum absolute atomic E-state index is 0.493. The fraction of sp³-hybridized carbons (Fsp3) is 0.615. The molecule has 4 heteroatoms. The highest BCUT2D eigenvalue weighted by atomic mass is 16.5. The summed E-state index contributed by atoms with van der Waals surface area (Å²) in [7, 11) is 3.86. The molecule has 1 unspecified atom stereocenters. The third-order valence-electron chi connectivity index (χ3n) is 2.83. The Kier molecular flexibility index (Phi) is 6.77. The smallest absolute Gasteiger partial charge is 0.0587 e. The zero-order chi connectivity index (χ0) is 12.5. The Morgan fingerprint density at radius 1 is 1.53 bits per heavy atom. The Morgan fingerprint density at radius 2 is 2.35 bits per heavy atom. The van der Waals surface area contributed by atoms with Gasteiger partial charge in [0.25, 0.3) is 0 Å². The minimum Gasteiger partial charge on any atom is -0.383 e. The molecule has 0 saturated carbocycles. The molecule has 0 saturated heterocycles. The van der Waals surface area contributed by atoms with Gasteiger partial charge in [0.15, 0.2) is 0 Å². The van der Waals surface area contributed by atoms with Gasteiger partial charge in [-0.1, -0.05) is 6.07 Å². The summed E-state index contributed by atoms with van der Waals surface area (Å²) in [6, 6.07) is 4.58. The van der Waals surface area contributed by atoms with Crippen molar-refractivity contribution in [3.63, 3.8) is 0 Å². The fourth-order valence-corrected chi connectivity index (χ4v) is 1.58. The van der Waals surface area contributed by atoms with Crippen LogP contribution >= 0.6 is 0 Å². The Balaban J connectivity index is 2.24. The lowest BCUT2D eigenvalue weighted by atomic mass is 10.2. The van der Waals surface area contributed by atoms with E-state index >= 15 is 0 Å². The quantitative estimate of drug-likeness (QED) is 0.688. The standard InChI is InChI=1S/C13H23N3O/c1-12(9-15-7-8-17-3)16(2)11-13-5-4-6-14-10-13/h4-6,10,12,15H,7-9,11H2,1-3H3. The molecule has 1 rings (SSSR count). The molecule has 1 atom stereocenters. The second-order valence-corrected chi connectivity index (χ2v) is 4.32. The van der Waals surface area contributed by atoms with Crippen LogP contribution in [-0.2, 0) is 11.3 Å². The number of nitrogens with zero attached hydrogens (tertiary/aromatic N) is 2. The first-order valence-corrected chi connectivity index (χ1v) is 6.03. The topological polar surface area (TPSA) is 37.4 Å². The second kappa shape index (κ2) is 8.17. The van der Waals surface area contributed by atoms with E-state index in [1.54, 1.807) is 13.3 Å². The van der Waals surface area contributed by atoms with E-state index < -0.39 is 0 Å². The summed E-state index contributed by atoms with van der Waals surface area (Å²) >= 11 is 0. The highest BCUT2D eigenvalue weighted by Gasteiger charge is 2.08. The van der Waals surface area contributed by atoms with Crippen LogP contribution in [0, 0.1) is 0 Å². The van der Waals surface area contributed by atoms with Crippen LogP contribution < -0.4 is 5.32 Å². The van der Waals surface area contributed by atoms with E-state index in [1.165, 1.54) is 5.56 Å². The van der Waals surface area contributed by atoms with Crippen molar-refractivity contribution in [2.45, 2.75) is 19.5 Å². The molecular weight excluding hydrogens is 214 g/mol. The number of hydrogen-bond acceptors (Lipinski definition) is 4. The molecule has 17 heavy (non-hydrogen) atoms. The van der Waals surface area contributed by atoms with Crippen molar-refractivity contribution < 1.29 is 4.74 Å². The Morgan fingerprint density at radius 3 is 3.00 bits per heavy atom. The van der Waals surface area contributed by atoms with Gasteiger partial charge in [-0.05, 0) is 25.6 Å². The zero-order valence-electron chi connectivity index (χ0n) is 11.0. The van der Waals surface area contributed by atoms with E-state index in [0.717, 1.165) is 26.2 Å². The maximum Gasteiger partial charge on any atom is 0.0587 e.